The second-order valence-electron chi connectivity index (χ2n) is 6.97. The van der Waals surface area contributed by atoms with E-state index in [9.17, 15) is 0 Å². The summed E-state index contributed by atoms with van der Waals surface area (Å²) in [5.74, 6) is 1.49. The molecule has 0 aliphatic heterocycles. The number of nitrogens with one attached hydrogen (secondary N) is 3. The summed E-state index contributed by atoms with van der Waals surface area (Å²) in [7, 11) is 0. The number of aromatic nitrogens is 4. The van der Waals surface area contributed by atoms with E-state index in [0.717, 1.165) is 50.2 Å². The molecule has 5 rings (SSSR count). The second kappa shape index (κ2) is 6.88. The molecule has 0 fully saturated rings. The molecule has 29 heavy (non-hydrogen) atoms. The van der Waals surface area contributed by atoms with Gasteiger partial charge in [0.25, 0.3) is 0 Å². The largest absolute Gasteiger partial charge is 0.384 e. The van der Waals surface area contributed by atoms with Crippen LogP contribution in [-0.4, -0.2) is 25.8 Å². The van der Waals surface area contributed by atoms with E-state index in [0.29, 0.717) is 5.56 Å². The highest BCUT2D eigenvalue weighted by Gasteiger charge is 2.26. The predicted molar refractivity (Wildman–Crippen MR) is 118 cm³/mol. The molecular weight excluding hydrogens is 428 g/mol. The number of nitrogens with zero attached hydrogens (tertiary/aromatic N) is 2. The van der Waals surface area contributed by atoms with Crippen LogP contribution in [0.2, 0.25) is 0 Å². The molecule has 7 heteroatoms. The Morgan fingerprint density at radius 3 is 2.52 bits per heavy atom. The highest BCUT2D eigenvalue weighted by molar-refractivity contribution is 9.11. The number of halogens is 1. The molecule has 6 nitrogen and oxygen atoms in total. The lowest BCUT2D eigenvalue weighted by atomic mass is 9.92. The van der Waals surface area contributed by atoms with Crippen LogP contribution in [0.1, 0.15) is 29.6 Å². The normalized spacial score (nSPS) is 14.8. The highest BCUT2D eigenvalue weighted by Crippen LogP contribution is 2.36. The Morgan fingerprint density at radius 1 is 1.07 bits per heavy atom. The predicted octanol–water partition coefficient (Wildman–Crippen LogP) is 4.62. The fourth-order valence-corrected chi connectivity index (χ4v) is 4.10. The standard InChI is InChI=1S/C22H17BrN6/c23-14-5-3-4-12(10-14)19(21-26-15-6-1-2-7-16(15)27-21)22-28-17-9-8-13(20(24)25)11-18(17)29-22/h1-4,6-9,11,19H,10H2,(H3,24,25)(H,26,27)(H,28,29). The molecule has 0 amide bonds. The number of para-hydroxylation sites is 2. The number of nitrogen functional groups attached to an aromatic ring is 1. The summed E-state index contributed by atoms with van der Waals surface area (Å²) in [6.45, 7) is 0. The Hall–Kier alpha value is -3.41. The maximum absolute atomic E-state index is 7.68. The monoisotopic (exact) mass is 444 g/mol. The van der Waals surface area contributed by atoms with Crippen LogP contribution in [0.3, 0.4) is 0 Å². The molecule has 2 aromatic carbocycles. The molecule has 142 valence electrons. The van der Waals surface area contributed by atoms with Crippen LogP contribution in [0.5, 0.6) is 0 Å². The van der Waals surface area contributed by atoms with Gasteiger partial charge in [0.2, 0.25) is 0 Å². The lowest BCUT2D eigenvalue weighted by Crippen LogP contribution is -2.10. The first-order valence-corrected chi connectivity index (χ1v) is 9.96. The van der Waals surface area contributed by atoms with Crippen molar-refractivity contribution in [3.05, 3.63) is 87.6 Å². The Labute approximate surface area is 174 Å². The minimum Gasteiger partial charge on any atom is -0.384 e. The second-order valence-corrected chi connectivity index (χ2v) is 7.93. The van der Waals surface area contributed by atoms with Crippen molar-refractivity contribution in [1.29, 1.82) is 5.41 Å². The molecule has 5 N–H and O–H groups in total. The van der Waals surface area contributed by atoms with Crippen LogP contribution in [-0.2, 0) is 0 Å². The number of rotatable bonds is 4. The number of allylic oxidation sites excluding steroid dienone is 3. The van der Waals surface area contributed by atoms with Crippen LogP contribution in [0.4, 0.5) is 0 Å². The molecular formula is C22H17BrN6. The first-order valence-electron chi connectivity index (χ1n) is 9.17. The van der Waals surface area contributed by atoms with E-state index in [1.807, 2.05) is 48.5 Å². The van der Waals surface area contributed by atoms with E-state index >= 15 is 0 Å². The van der Waals surface area contributed by atoms with Gasteiger partial charge in [0.1, 0.15) is 17.5 Å². The Morgan fingerprint density at radius 2 is 1.79 bits per heavy atom. The Balaban J connectivity index is 1.67. The maximum atomic E-state index is 7.68. The van der Waals surface area contributed by atoms with Crippen molar-refractivity contribution in [2.45, 2.75) is 12.3 Å². The fourth-order valence-electron chi connectivity index (χ4n) is 3.65. The van der Waals surface area contributed by atoms with Gasteiger partial charge in [-0.3, -0.25) is 5.41 Å². The molecule has 1 aliphatic carbocycles. The number of aromatic amines is 2. The minimum absolute atomic E-state index is 0.0273. The van der Waals surface area contributed by atoms with Gasteiger partial charge in [-0.05, 0) is 57.9 Å². The van der Waals surface area contributed by atoms with Crippen molar-refractivity contribution in [2.24, 2.45) is 5.73 Å². The number of amidine groups is 1. The summed E-state index contributed by atoms with van der Waals surface area (Å²) < 4.78 is 0.992. The van der Waals surface area contributed by atoms with E-state index in [-0.39, 0.29) is 11.8 Å². The minimum atomic E-state index is -0.165. The average Bonchev–Trinajstić information content (AvgIpc) is 3.31. The van der Waals surface area contributed by atoms with E-state index in [1.165, 1.54) is 0 Å². The smallest absolute Gasteiger partial charge is 0.122 e. The lowest BCUT2D eigenvalue weighted by molar-refractivity contribution is 0.792. The third-order valence-electron chi connectivity index (χ3n) is 5.03. The van der Waals surface area contributed by atoms with Crippen LogP contribution in [0, 0.1) is 5.41 Å². The average molecular weight is 445 g/mol. The summed E-state index contributed by atoms with van der Waals surface area (Å²) >= 11 is 3.57. The highest BCUT2D eigenvalue weighted by atomic mass is 79.9. The zero-order chi connectivity index (χ0) is 20.0. The molecule has 0 bridgehead atoms. The number of imidazole rings is 2. The molecule has 2 aromatic heterocycles. The van der Waals surface area contributed by atoms with Crippen molar-refractivity contribution >= 4 is 43.8 Å². The van der Waals surface area contributed by atoms with Gasteiger partial charge >= 0.3 is 0 Å². The number of hydrogen-bond donors (Lipinski definition) is 4. The molecule has 1 atom stereocenters. The van der Waals surface area contributed by atoms with Gasteiger partial charge in [-0.25, -0.2) is 9.97 Å². The van der Waals surface area contributed by atoms with Crippen molar-refractivity contribution in [3.63, 3.8) is 0 Å². The summed E-state index contributed by atoms with van der Waals surface area (Å²) in [6.07, 6.45) is 4.71. The molecule has 0 saturated carbocycles. The number of fused-ring (bicyclic) bond motifs is 2. The van der Waals surface area contributed by atoms with Crippen molar-refractivity contribution in [3.8, 4) is 0 Å². The third-order valence-corrected chi connectivity index (χ3v) is 5.54. The first kappa shape index (κ1) is 17.7. The van der Waals surface area contributed by atoms with Gasteiger partial charge in [0, 0.05) is 16.5 Å². The topological polar surface area (TPSA) is 107 Å². The summed E-state index contributed by atoms with van der Waals surface area (Å²) in [5.41, 5.74) is 14.2. The van der Waals surface area contributed by atoms with Gasteiger partial charge in [-0.15, -0.1) is 5.73 Å². The summed E-state index contributed by atoms with van der Waals surface area (Å²) in [5, 5.41) is 7.68. The fraction of sp³-hybridized carbons (Fsp3) is 0.0909. The number of nitrogens with two attached hydrogens (primary N) is 1. The number of benzene rings is 2. The summed E-state index contributed by atoms with van der Waals surface area (Å²) in [4.78, 5) is 16.6. The SMILES string of the molecule is N=C(N)c1ccc2[nH]c(C(C3=CC=C=C(Br)C3)c3nc4ccccc4[nH]3)nc2c1. The first-order chi connectivity index (χ1) is 14.1. The van der Waals surface area contributed by atoms with Gasteiger partial charge in [-0.1, -0.05) is 18.2 Å². The zero-order valence-electron chi connectivity index (χ0n) is 15.3. The lowest BCUT2D eigenvalue weighted by Gasteiger charge is -2.17. The quantitative estimate of drug-likeness (QED) is 0.209. The van der Waals surface area contributed by atoms with Gasteiger partial charge in [0.05, 0.1) is 28.0 Å². The van der Waals surface area contributed by atoms with Crippen LogP contribution >= 0.6 is 15.9 Å². The zero-order valence-corrected chi connectivity index (χ0v) is 16.9. The summed E-state index contributed by atoms with van der Waals surface area (Å²) in [6, 6.07) is 13.5. The van der Waals surface area contributed by atoms with Crippen LogP contribution in [0.15, 0.2) is 70.4 Å². The third kappa shape index (κ3) is 3.20. The van der Waals surface area contributed by atoms with Gasteiger partial charge in [0.15, 0.2) is 0 Å². The molecule has 4 aromatic rings. The molecule has 0 saturated heterocycles. The molecule has 1 unspecified atom stereocenters. The van der Waals surface area contributed by atoms with E-state index in [2.05, 4.69) is 37.7 Å². The van der Waals surface area contributed by atoms with Gasteiger partial charge < -0.3 is 15.7 Å². The van der Waals surface area contributed by atoms with Gasteiger partial charge in [-0.2, -0.15) is 0 Å². The van der Waals surface area contributed by atoms with E-state index in [1.54, 1.807) is 0 Å². The van der Waals surface area contributed by atoms with Crippen molar-refractivity contribution in [1.82, 2.24) is 19.9 Å². The molecule has 2 heterocycles. The van der Waals surface area contributed by atoms with Crippen LogP contribution < -0.4 is 5.73 Å². The Kier molecular flexibility index (Phi) is 4.19. The maximum Gasteiger partial charge on any atom is 0.122 e. The Bertz CT molecular complexity index is 1330. The van der Waals surface area contributed by atoms with E-state index < -0.39 is 0 Å². The molecule has 1 aliphatic rings. The number of H-pyrrole nitrogens is 2. The van der Waals surface area contributed by atoms with Crippen molar-refractivity contribution < 1.29 is 0 Å². The van der Waals surface area contributed by atoms with Crippen LogP contribution in [0.25, 0.3) is 22.1 Å². The molecule has 0 spiro atoms. The van der Waals surface area contributed by atoms with Crippen molar-refractivity contribution in [2.75, 3.05) is 0 Å². The molecule has 0 radical (unpaired) electrons. The number of hydrogen-bond acceptors (Lipinski definition) is 3. The van der Waals surface area contributed by atoms with E-state index in [4.69, 9.17) is 21.1 Å².